The Labute approximate surface area is 202 Å². The highest BCUT2D eigenvalue weighted by Gasteiger charge is 2.30. The van der Waals surface area contributed by atoms with Gasteiger partial charge in [-0.2, -0.15) is 0 Å². The summed E-state index contributed by atoms with van der Waals surface area (Å²) in [7, 11) is -2.55. The quantitative estimate of drug-likeness (QED) is 0.463. The van der Waals surface area contributed by atoms with Crippen molar-refractivity contribution in [1.29, 1.82) is 0 Å². The lowest BCUT2D eigenvalue weighted by atomic mass is 9.97. The molecular formula is C27H32N2O4S. The molecule has 0 radical (unpaired) electrons. The molecule has 0 aliphatic carbocycles. The highest BCUT2D eigenvalue weighted by molar-refractivity contribution is 7.92. The summed E-state index contributed by atoms with van der Waals surface area (Å²) in [5.74, 6) is -0.0270. The van der Waals surface area contributed by atoms with Crippen molar-refractivity contribution in [3.8, 4) is 5.75 Å². The van der Waals surface area contributed by atoms with Crippen LogP contribution in [0.3, 0.4) is 0 Å². The molecule has 34 heavy (non-hydrogen) atoms. The first-order valence-corrected chi connectivity index (χ1v) is 12.7. The average Bonchev–Trinajstić information content (AvgIpc) is 2.81. The van der Waals surface area contributed by atoms with Gasteiger partial charge in [0.05, 0.1) is 23.7 Å². The number of nitrogens with zero attached hydrogens (tertiary/aromatic N) is 1. The number of para-hydroxylation sites is 2. The fourth-order valence-electron chi connectivity index (χ4n) is 3.96. The van der Waals surface area contributed by atoms with E-state index in [1.165, 1.54) is 7.11 Å². The fraction of sp³-hybridized carbons (Fsp3) is 0.296. The molecule has 0 spiro atoms. The Morgan fingerprint density at radius 2 is 1.62 bits per heavy atom. The standard InChI is InChI=1S/C27H32N2O4S/c1-6-24(23-16-13-20(3)17-21(23)4)28-27(30)18-29(25-9-7-8-10-26(25)33-5)34(31,32)22-14-11-19(2)12-15-22/h7-17,24H,6,18H2,1-5H3,(H,28,30). The van der Waals surface area contributed by atoms with Gasteiger partial charge in [-0.25, -0.2) is 8.42 Å². The van der Waals surface area contributed by atoms with E-state index in [2.05, 4.69) is 11.4 Å². The number of hydrogen-bond acceptors (Lipinski definition) is 4. The Balaban J connectivity index is 1.96. The molecule has 0 fully saturated rings. The van der Waals surface area contributed by atoms with Crippen LogP contribution in [0.1, 0.15) is 41.6 Å². The number of amides is 1. The van der Waals surface area contributed by atoms with Gasteiger partial charge in [-0.15, -0.1) is 0 Å². The Morgan fingerprint density at radius 3 is 2.24 bits per heavy atom. The number of benzene rings is 3. The van der Waals surface area contributed by atoms with Gasteiger partial charge in [0.1, 0.15) is 12.3 Å². The van der Waals surface area contributed by atoms with Crippen molar-refractivity contribution in [2.45, 2.75) is 45.1 Å². The lowest BCUT2D eigenvalue weighted by Gasteiger charge is -2.27. The Hall–Kier alpha value is -3.32. The first-order valence-electron chi connectivity index (χ1n) is 11.3. The van der Waals surface area contributed by atoms with E-state index in [0.29, 0.717) is 17.9 Å². The van der Waals surface area contributed by atoms with Crippen molar-refractivity contribution in [3.63, 3.8) is 0 Å². The Bertz CT molecular complexity index is 1250. The summed E-state index contributed by atoms with van der Waals surface area (Å²) < 4.78 is 33.8. The smallest absolute Gasteiger partial charge is 0.264 e. The molecular weight excluding hydrogens is 448 g/mol. The third-order valence-corrected chi connectivity index (χ3v) is 7.57. The van der Waals surface area contributed by atoms with Crippen LogP contribution in [0.15, 0.2) is 71.6 Å². The normalized spacial score (nSPS) is 12.1. The molecule has 0 saturated heterocycles. The summed E-state index contributed by atoms with van der Waals surface area (Å²) in [5, 5.41) is 3.03. The van der Waals surface area contributed by atoms with Crippen LogP contribution >= 0.6 is 0 Å². The Morgan fingerprint density at radius 1 is 0.971 bits per heavy atom. The van der Waals surface area contributed by atoms with E-state index >= 15 is 0 Å². The number of hydrogen-bond donors (Lipinski definition) is 1. The highest BCUT2D eigenvalue weighted by atomic mass is 32.2. The molecule has 0 aliphatic rings. The largest absolute Gasteiger partial charge is 0.495 e. The molecule has 0 aliphatic heterocycles. The van der Waals surface area contributed by atoms with E-state index in [9.17, 15) is 13.2 Å². The summed E-state index contributed by atoms with van der Waals surface area (Å²) in [6.45, 7) is 7.54. The fourth-order valence-corrected chi connectivity index (χ4v) is 5.39. The van der Waals surface area contributed by atoms with Crippen LogP contribution in [-0.4, -0.2) is 28.0 Å². The van der Waals surface area contributed by atoms with E-state index in [1.54, 1.807) is 48.5 Å². The van der Waals surface area contributed by atoms with Crippen LogP contribution in [0, 0.1) is 20.8 Å². The van der Waals surface area contributed by atoms with Crippen LogP contribution in [0.2, 0.25) is 0 Å². The van der Waals surface area contributed by atoms with Gasteiger partial charge in [0.25, 0.3) is 10.0 Å². The van der Waals surface area contributed by atoms with Gasteiger partial charge >= 0.3 is 0 Å². The van der Waals surface area contributed by atoms with E-state index in [-0.39, 0.29) is 17.5 Å². The van der Waals surface area contributed by atoms with Crippen LogP contribution in [0.5, 0.6) is 5.75 Å². The van der Waals surface area contributed by atoms with Crippen LogP contribution in [-0.2, 0) is 14.8 Å². The number of sulfonamides is 1. The molecule has 0 heterocycles. The van der Waals surface area contributed by atoms with Gasteiger partial charge in [0, 0.05) is 0 Å². The minimum Gasteiger partial charge on any atom is -0.495 e. The van der Waals surface area contributed by atoms with Gasteiger partial charge in [-0.1, -0.05) is 60.5 Å². The molecule has 3 aromatic carbocycles. The van der Waals surface area contributed by atoms with Gasteiger partial charge in [0.15, 0.2) is 0 Å². The van der Waals surface area contributed by atoms with E-state index < -0.39 is 15.9 Å². The maximum atomic E-state index is 13.7. The van der Waals surface area contributed by atoms with Gasteiger partial charge in [-0.05, 0) is 62.6 Å². The zero-order valence-corrected chi connectivity index (χ0v) is 21.1. The van der Waals surface area contributed by atoms with Crippen LogP contribution < -0.4 is 14.4 Å². The van der Waals surface area contributed by atoms with Crippen molar-refractivity contribution in [2.24, 2.45) is 0 Å². The van der Waals surface area contributed by atoms with Crippen molar-refractivity contribution >= 4 is 21.6 Å². The summed E-state index contributed by atoms with van der Waals surface area (Å²) in [6.07, 6.45) is 0.676. The second kappa shape index (κ2) is 10.7. The molecule has 0 aromatic heterocycles. The maximum absolute atomic E-state index is 13.7. The number of carbonyl (C=O) groups is 1. The predicted octanol–water partition coefficient (Wildman–Crippen LogP) is 5.08. The predicted molar refractivity (Wildman–Crippen MR) is 136 cm³/mol. The summed E-state index contributed by atoms with van der Waals surface area (Å²) in [5.41, 5.74) is 4.50. The number of rotatable bonds is 9. The summed E-state index contributed by atoms with van der Waals surface area (Å²) >= 11 is 0. The molecule has 0 saturated carbocycles. The molecule has 6 nitrogen and oxygen atoms in total. The van der Waals surface area contributed by atoms with Crippen molar-refractivity contribution in [3.05, 3.63) is 89.0 Å². The average molecular weight is 481 g/mol. The molecule has 3 aromatic rings. The molecule has 0 bridgehead atoms. The van der Waals surface area contributed by atoms with E-state index in [1.807, 2.05) is 39.8 Å². The number of methoxy groups -OCH3 is 1. The molecule has 7 heteroatoms. The molecule has 1 amide bonds. The number of nitrogens with one attached hydrogen (secondary N) is 1. The third kappa shape index (κ3) is 5.59. The van der Waals surface area contributed by atoms with E-state index in [0.717, 1.165) is 26.6 Å². The molecule has 3 rings (SSSR count). The minimum absolute atomic E-state index is 0.109. The van der Waals surface area contributed by atoms with Crippen LogP contribution in [0.4, 0.5) is 5.69 Å². The lowest BCUT2D eigenvalue weighted by molar-refractivity contribution is -0.120. The van der Waals surface area contributed by atoms with Gasteiger partial charge < -0.3 is 10.1 Å². The second-order valence-electron chi connectivity index (χ2n) is 8.38. The Kier molecular flexibility index (Phi) is 7.99. The monoisotopic (exact) mass is 480 g/mol. The third-order valence-electron chi connectivity index (χ3n) is 5.79. The lowest BCUT2D eigenvalue weighted by Crippen LogP contribution is -2.42. The SMILES string of the molecule is CCC(NC(=O)CN(c1ccccc1OC)S(=O)(=O)c1ccc(C)cc1)c1ccc(C)cc1C. The maximum Gasteiger partial charge on any atom is 0.264 e. The molecule has 1 atom stereocenters. The van der Waals surface area contributed by atoms with Crippen molar-refractivity contribution in [2.75, 3.05) is 18.0 Å². The minimum atomic E-state index is -4.03. The van der Waals surface area contributed by atoms with Gasteiger partial charge in [0.2, 0.25) is 5.91 Å². The van der Waals surface area contributed by atoms with Crippen molar-refractivity contribution in [1.82, 2.24) is 5.32 Å². The first kappa shape index (κ1) is 25.3. The molecule has 1 N–H and O–H groups in total. The number of anilines is 1. The molecule has 1 unspecified atom stereocenters. The first-order chi connectivity index (χ1) is 16.2. The zero-order valence-electron chi connectivity index (χ0n) is 20.3. The van der Waals surface area contributed by atoms with E-state index in [4.69, 9.17) is 4.74 Å². The summed E-state index contributed by atoms with van der Waals surface area (Å²) in [4.78, 5) is 13.3. The number of ether oxygens (including phenoxy) is 1. The second-order valence-corrected chi connectivity index (χ2v) is 10.2. The van der Waals surface area contributed by atoms with Crippen LogP contribution in [0.25, 0.3) is 0 Å². The highest BCUT2D eigenvalue weighted by Crippen LogP contribution is 2.32. The summed E-state index contributed by atoms with van der Waals surface area (Å²) in [6, 6.07) is 19.2. The number of aryl methyl sites for hydroxylation is 3. The van der Waals surface area contributed by atoms with Crippen molar-refractivity contribution < 1.29 is 17.9 Å². The number of carbonyl (C=O) groups excluding carboxylic acids is 1. The molecule has 180 valence electrons. The topological polar surface area (TPSA) is 75.7 Å². The zero-order chi connectivity index (χ0) is 24.9. The van der Waals surface area contributed by atoms with Gasteiger partial charge in [-0.3, -0.25) is 9.10 Å².